The van der Waals surface area contributed by atoms with Crippen LogP contribution in [0.5, 0.6) is 5.75 Å². The minimum Gasteiger partial charge on any atom is -0.489 e. The van der Waals surface area contributed by atoms with Gasteiger partial charge in [0.2, 0.25) is 0 Å². The minimum atomic E-state index is 0.485. The lowest BCUT2D eigenvalue weighted by molar-refractivity contribution is 0.306. The molecule has 0 bridgehead atoms. The van der Waals surface area contributed by atoms with E-state index in [2.05, 4.69) is 32.8 Å². The van der Waals surface area contributed by atoms with Gasteiger partial charge in [0.15, 0.2) is 0 Å². The maximum Gasteiger partial charge on any atom is 0.134 e. The summed E-state index contributed by atoms with van der Waals surface area (Å²) >= 11 is 0. The summed E-state index contributed by atoms with van der Waals surface area (Å²) in [6.45, 7) is 2.57. The average molecular weight is 359 g/mol. The van der Waals surface area contributed by atoms with E-state index in [1.54, 1.807) is 18.7 Å². The number of nitrogens with zero attached hydrogens (tertiary/aromatic N) is 5. The van der Waals surface area contributed by atoms with Crippen LogP contribution in [0.1, 0.15) is 11.1 Å². The van der Waals surface area contributed by atoms with Crippen molar-refractivity contribution in [3.05, 3.63) is 72.4 Å². The second kappa shape index (κ2) is 7.07. The van der Waals surface area contributed by atoms with Gasteiger partial charge in [-0.05, 0) is 24.6 Å². The first-order valence-corrected chi connectivity index (χ1v) is 8.75. The van der Waals surface area contributed by atoms with Gasteiger partial charge in [0, 0.05) is 49.9 Å². The Kier molecular flexibility index (Phi) is 4.46. The lowest BCUT2D eigenvalue weighted by atomic mass is 10.1. The Morgan fingerprint density at radius 1 is 1.11 bits per heavy atom. The number of anilines is 2. The van der Waals surface area contributed by atoms with Crippen LogP contribution in [0.4, 0.5) is 11.5 Å². The van der Waals surface area contributed by atoms with E-state index in [0.717, 1.165) is 39.4 Å². The van der Waals surface area contributed by atoms with Gasteiger partial charge < -0.3 is 14.2 Å². The molecule has 4 aromatic rings. The summed E-state index contributed by atoms with van der Waals surface area (Å²) in [5.41, 5.74) is 5.18. The number of fused-ring (bicyclic) bond motifs is 1. The number of rotatable bonds is 5. The molecular weight excluding hydrogens is 338 g/mol. The maximum atomic E-state index is 5.95. The Bertz CT molecular complexity index is 1070. The zero-order valence-corrected chi connectivity index (χ0v) is 15.6. The molecule has 6 nitrogen and oxygen atoms in total. The molecule has 0 aliphatic heterocycles. The monoisotopic (exact) mass is 359 g/mol. The molecule has 3 heterocycles. The third kappa shape index (κ3) is 3.46. The van der Waals surface area contributed by atoms with Gasteiger partial charge in [-0.1, -0.05) is 12.1 Å². The zero-order valence-electron chi connectivity index (χ0n) is 15.6. The molecular formula is C21H21N5O. The van der Waals surface area contributed by atoms with Crippen molar-refractivity contribution in [2.75, 3.05) is 11.9 Å². The highest BCUT2D eigenvalue weighted by Gasteiger charge is 2.12. The Hall–Kier alpha value is -3.41. The van der Waals surface area contributed by atoms with Crippen molar-refractivity contribution in [1.29, 1.82) is 0 Å². The number of benzene rings is 1. The van der Waals surface area contributed by atoms with Crippen molar-refractivity contribution >= 4 is 22.5 Å². The van der Waals surface area contributed by atoms with E-state index >= 15 is 0 Å². The Labute approximate surface area is 158 Å². The summed E-state index contributed by atoms with van der Waals surface area (Å²) in [5, 5.41) is 0. The number of aryl methyl sites for hydroxylation is 2. The van der Waals surface area contributed by atoms with Crippen LogP contribution in [0.15, 0.2) is 61.3 Å². The highest BCUT2D eigenvalue weighted by atomic mass is 16.5. The smallest absolute Gasteiger partial charge is 0.134 e. The van der Waals surface area contributed by atoms with Gasteiger partial charge in [-0.15, -0.1) is 0 Å². The number of aromatic nitrogens is 4. The molecule has 0 radical (unpaired) electrons. The summed E-state index contributed by atoms with van der Waals surface area (Å²) in [7, 11) is 4.00. The molecule has 136 valence electrons. The Morgan fingerprint density at radius 2 is 2.00 bits per heavy atom. The summed E-state index contributed by atoms with van der Waals surface area (Å²) in [5.74, 6) is 1.67. The van der Waals surface area contributed by atoms with Gasteiger partial charge in [0.05, 0.1) is 18.0 Å². The molecule has 0 saturated carbocycles. The van der Waals surface area contributed by atoms with Crippen LogP contribution >= 0.6 is 0 Å². The largest absolute Gasteiger partial charge is 0.489 e. The van der Waals surface area contributed by atoms with Crippen molar-refractivity contribution in [2.24, 2.45) is 7.05 Å². The molecule has 0 atom stereocenters. The lowest BCUT2D eigenvalue weighted by Gasteiger charge is -2.21. The van der Waals surface area contributed by atoms with Gasteiger partial charge >= 0.3 is 0 Å². The molecule has 3 aromatic heterocycles. The molecule has 0 saturated heterocycles. The molecule has 0 amide bonds. The van der Waals surface area contributed by atoms with Crippen molar-refractivity contribution < 1.29 is 4.74 Å². The molecule has 1 aromatic carbocycles. The van der Waals surface area contributed by atoms with E-state index in [9.17, 15) is 0 Å². The number of ether oxygens (including phenoxy) is 1. The van der Waals surface area contributed by atoms with E-state index in [-0.39, 0.29) is 0 Å². The van der Waals surface area contributed by atoms with Crippen molar-refractivity contribution in [2.45, 2.75) is 13.5 Å². The van der Waals surface area contributed by atoms with Crippen LogP contribution in [-0.4, -0.2) is 26.6 Å². The van der Waals surface area contributed by atoms with E-state index < -0.39 is 0 Å². The quantitative estimate of drug-likeness (QED) is 0.539. The van der Waals surface area contributed by atoms with Crippen LogP contribution in [0, 0.1) is 6.92 Å². The van der Waals surface area contributed by atoms with Gasteiger partial charge in [-0.2, -0.15) is 0 Å². The number of hydrogen-bond donors (Lipinski definition) is 0. The van der Waals surface area contributed by atoms with Crippen LogP contribution in [0.2, 0.25) is 0 Å². The lowest BCUT2D eigenvalue weighted by Crippen LogP contribution is -2.13. The molecule has 6 heteroatoms. The summed E-state index contributed by atoms with van der Waals surface area (Å²) < 4.78 is 7.94. The second-order valence-corrected chi connectivity index (χ2v) is 6.54. The molecule has 0 fully saturated rings. The molecule has 27 heavy (non-hydrogen) atoms. The fourth-order valence-electron chi connectivity index (χ4n) is 3.02. The third-order valence-corrected chi connectivity index (χ3v) is 4.61. The fraction of sp³-hybridized carbons (Fsp3) is 0.190. The zero-order chi connectivity index (χ0) is 18.8. The highest BCUT2D eigenvalue weighted by molar-refractivity contribution is 5.79. The van der Waals surface area contributed by atoms with E-state index in [0.29, 0.717) is 6.61 Å². The Morgan fingerprint density at radius 3 is 2.81 bits per heavy atom. The van der Waals surface area contributed by atoms with Crippen molar-refractivity contribution in [1.82, 2.24) is 19.5 Å². The molecule has 0 unspecified atom stereocenters. The first-order valence-electron chi connectivity index (χ1n) is 8.75. The molecule has 0 spiro atoms. The number of imidazole rings is 1. The predicted octanol–water partition coefficient (Wildman–Crippen LogP) is 4.02. The van der Waals surface area contributed by atoms with Crippen LogP contribution in [-0.2, 0) is 13.7 Å². The second-order valence-electron chi connectivity index (χ2n) is 6.54. The summed E-state index contributed by atoms with van der Waals surface area (Å²) in [4.78, 5) is 15.1. The first kappa shape index (κ1) is 17.0. The van der Waals surface area contributed by atoms with E-state index in [1.165, 1.54) is 0 Å². The average Bonchev–Trinajstić information content (AvgIpc) is 3.08. The van der Waals surface area contributed by atoms with Crippen LogP contribution in [0.3, 0.4) is 0 Å². The van der Waals surface area contributed by atoms with Crippen LogP contribution in [0.25, 0.3) is 11.0 Å². The highest BCUT2D eigenvalue weighted by Crippen LogP contribution is 2.30. The van der Waals surface area contributed by atoms with Gasteiger partial charge in [0.25, 0.3) is 0 Å². The normalized spacial score (nSPS) is 10.9. The topological polar surface area (TPSA) is 56.1 Å². The number of pyridine rings is 2. The maximum absolute atomic E-state index is 5.95. The van der Waals surface area contributed by atoms with Gasteiger partial charge in [-0.3, -0.25) is 4.98 Å². The van der Waals surface area contributed by atoms with Crippen LogP contribution < -0.4 is 9.64 Å². The Balaban J connectivity index is 1.60. The van der Waals surface area contributed by atoms with E-state index in [4.69, 9.17) is 4.74 Å². The molecule has 0 N–H and O–H groups in total. The van der Waals surface area contributed by atoms with E-state index in [1.807, 2.05) is 55.2 Å². The van der Waals surface area contributed by atoms with Crippen molar-refractivity contribution in [3.63, 3.8) is 0 Å². The fourth-order valence-corrected chi connectivity index (χ4v) is 3.02. The SMILES string of the molecule is Cc1ccc(OCc2cccnc2)cc1N(C)c1cc2c(cn1)ncn2C. The third-order valence-electron chi connectivity index (χ3n) is 4.61. The predicted molar refractivity (Wildman–Crippen MR) is 106 cm³/mol. The standard InChI is InChI=1S/C21H21N5O/c1-15-6-7-17(27-13-16-5-4-8-22-11-16)9-19(15)26(3)21-10-20-18(12-23-21)24-14-25(20)2/h4-12,14H,13H2,1-3H3. The number of hydrogen-bond acceptors (Lipinski definition) is 5. The summed E-state index contributed by atoms with van der Waals surface area (Å²) in [6.07, 6.45) is 7.18. The van der Waals surface area contributed by atoms with Gasteiger partial charge in [-0.25, -0.2) is 9.97 Å². The van der Waals surface area contributed by atoms with Crippen molar-refractivity contribution in [3.8, 4) is 5.75 Å². The molecule has 0 aliphatic rings. The first-order chi connectivity index (χ1) is 13.1. The minimum absolute atomic E-state index is 0.485. The molecule has 0 aliphatic carbocycles. The summed E-state index contributed by atoms with van der Waals surface area (Å²) in [6, 6.07) is 12.0. The molecule has 4 rings (SSSR count). The van der Waals surface area contributed by atoms with Gasteiger partial charge in [0.1, 0.15) is 23.7 Å².